The molecule has 0 saturated carbocycles. The number of carbonyl (C=O) groups excluding carboxylic acids is 1. The molecule has 1 aromatic heterocycles. The summed E-state index contributed by atoms with van der Waals surface area (Å²) in [5.41, 5.74) is 1.23. The summed E-state index contributed by atoms with van der Waals surface area (Å²) in [6, 6.07) is 14.5. The average molecular weight is 350 g/mol. The smallest absolute Gasteiger partial charge is 0.251 e. The lowest BCUT2D eigenvalue weighted by Crippen LogP contribution is -2.42. The number of aromatic nitrogens is 1. The first-order valence-corrected chi connectivity index (χ1v) is 9.24. The van der Waals surface area contributed by atoms with Crippen molar-refractivity contribution in [3.05, 3.63) is 53.7 Å². The van der Waals surface area contributed by atoms with Crippen molar-refractivity contribution in [2.24, 2.45) is 0 Å². The van der Waals surface area contributed by atoms with Crippen molar-refractivity contribution in [1.82, 2.24) is 15.6 Å². The summed E-state index contributed by atoms with van der Waals surface area (Å²) in [5, 5.41) is 16.3. The molecule has 0 radical (unpaired) electrons. The fourth-order valence-corrected chi connectivity index (χ4v) is 4.29. The van der Waals surface area contributed by atoms with Gasteiger partial charge < -0.3 is 10.6 Å². The van der Waals surface area contributed by atoms with Crippen molar-refractivity contribution in [2.45, 2.75) is 47.3 Å². The maximum atomic E-state index is 12.4. The largest absolute Gasteiger partial charge is 0.348 e. The highest BCUT2D eigenvalue weighted by molar-refractivity contribution is 7.99. The SMILES string of the molecule is N#Cc1ccc(Sc2ccc(C(=O)NC3CC4CCC3N4)cc2)nc1. The summed E-state index contributed by atoms with van der Waals surface area (Å²) in [4.78, 5) is 17.7. The van der Waals surface area contributed by atoms with E-state index in [4.69, 9.17) is 5.26 Å². The molecule has 2 bridgehead atoms. The number of nitrogens with zero attached hydrogens (tertiary/aromatic N) is 2. The molecule has 2 fully saturated rings. The van der Waals surface area contributed by atoms with Gasteiger partial charge in [-0.3, -0.25) is 4.79 Å². The molecule has 6 heteroatoms. The maximum Gasteiger partial charge on any atom is 0.251 e. The third-order valence-electron chi connectivity index (χ3n) is 4.82. The maximum absolute atomic E-state index is 12.4. The van der Waals surface area contributed by atoms with Gasteiger partial charge in [-0.15, -0.1) is 0 Å². The Morgan fingerprint density at radius 2 is 2.08 bits per heavy atom. The first-order chi connectivity index (χ1) is 12.2. The third-order valence-corrected chi connectivity index (χ3v) is 5.78. The molecule has 1 aromatic carbocycles. The normalized spacial score (nSPS) is 24.0. The lowest BCUT2D eigenvalue weighted by Gasteiger charge is -2.21. The van der Waals surface area contributed by atoms with E-state index in [-0.39, 0.29) is 11.9 Å². The van der Waals surface area contributed by atoms with Crippen LogP contribution in [0.3, 0.4) is 0 Å². The molecule has 126 valence electrons. The first kappa shape index (κ1) is 16.1. The van der Waals surface area contributed by atoms with Crippen molar-refractivity contribution in [3.8, 4) is 6.07 Å². The zero-order chi connectivity index (χ0) is 17.2. The highest BCUT2D eigenvalue weighted by Crippen LogP contribution is 2.29. The molecule has 2 aromatic rings. The number of benzene rings is 1. The molecule has 2 saturated heterocycles. The van der Waals surface area contributed by atoms with Crippen LogP contribution in [0.4, 0.5) is 0 Å². The van der Waals surface area contributed by atoms with Crippen LogP contribution in [0.5, 0.6) is 0 Å². The number of amides is 1. The zero-order valence-electron chi connectivity index (χ0n) is 13.6. The van der Waals surface area contributed by atoms with Crippen molar-refractivity contribution < 1.29 is 4.79 Å². The Kier molecular flexibility index (Phi) is 4.43. The molecule has 3 heterocycles. The number of rotatable bonds is 4. The van der Waals surface area contributed by atoms with Crippen LogP contribution in [0, 0.1) is 11.3 Å². The van der Waals surface area contributed by atoms with Gasteiger partial charge in [-0.25, -0.2) is 4.98 Å². The topological polar surface area (TPSA) is 77.8 Å². The molecular formula is C19H18N4OS. The van der Waals surface area contributed by atoms with Crippen LogP contribution in [0.15, 0.2) is 52.5 Å². The van der Waals surface area contributed by atoms with E-state index in [1.54, 1.807) is 12.3 Å². The van der Waals surface area contributed by atoms with Crippen LogP contribution in [-0.2, 0) is 0 Å². The molecular weight excluding hydrogens is 332 g/mol. The number of hydrogen-bond donors (Lipinski definition) is 2. The predicted octanol–water partition coefficient (Wildman–Crippen LogP) is 2.73. The summed E-state index contributed by atoms with van der Waals surface area (Å²) in [7, 11) is 0. The quantitative estimate of drug-likeness (QED) is 0.886. The van der Waals surface area contributed by atoms with E-state index in [1.807, 2.05) is 30.3 Å². The molecule has 3 atom stereocenters. The van der Waals surface area contributed by atoms with Gasteiger partial charge in [0.1, 0.15) is 11.1 Å². The average Bonchev–Trinajstić information content (AvgIpc) is 3.26. The van der Waals surface area contributed by atoms with Crippen LogP contribution in [0.1, 0.15) is 35.2 Å². The second-order valence-electron chi connectivity index (χ2n) is 6.49. The molecule has 4 rings (SSSR count). The molecule has 0 spiro atoms. The Labute approximate surface area is 150 Å². The van der Waals surface area contributed by atoms with E-state index in [1.165, 1.54) is 18.2 Å². The molecule has 2 N–H and O–H groups in total. The number of fused-ring (bicyclic) bond motifs is 2. The number of nitrogens with one attached hydrogen (secondary N) is 2. The van der Waals surface area contributed by atoms with E-state index >= 15 is 0 Å². The van der Waals surface area contributed by atoms with Crippen LogP contribution in [0.25, 0.3) is 0 Å². The van der Waals surface area contributed by atoms with Gasteiger partial charge in [0.15, 0.2) is 0 Å². The molecule has 2 aliphatic rings. The molecule has 5 nitrogen and oxygen atoms in total. The van der Waals surface area contributed by atoms with Crippen LogP contribution < -0.4 is 10.6 Å². The third kappa shape index (κ3) is 3.53. The molecule has 2 aliphatic heterocycles. The van der Waals surface area contributed by atoms with Gasteiger partial charge in [0.2, 0.25) is 0 Å². The summed E-state index contributed by atoms with van der Waals surface area (Å²) in [6.07, 6.45) is 4.98. The monoisotopic (exact) mass is 350 g/mol. The standard InChI is InChI=1S/C19H18N4OS/c20-10-12-1-8-18(21-11-12)25-15-5-2-13(3-6-15)19(24)23-17-9-14-4-7-16(17)22-14/h1-3,5-6,8,11,14,16-17,22H,4,7,9H2,(H,23,24). The minimum atomic E-state index is -0.00704. The number of hydrogen-bond acceptors (Lipinski definition) is 5. The van der Waals surface area contributed by atoms with E-state index in [2.05, 4.69) is 21.7 Å². The van der Waals surface area contributed by atoms with E-state index in [0.717, 1.165) is 22.8 Å². The second kappa shape index (κ2) is 6.87. The van der Waals surface area contributed by atoms with Crippen molar-refractivity contribution in [1.29, 1.82) is 5.26 Å². The Morgan fingerprint density at radius 3 is 2.68 bits per heavy atom. The minimum Gasteiger partial charge on any atom is -0.348 e. The summed E-state index contributed by atoms with van der Waals surface area (Å²) < 4.78 is 0. The van der Waals surface area contributed by atoms with E-state index < -0.39 is 0 Å². The van der Waals surface area contributed by atoms with Crippen LogP contribution in [-0.4, -0.2) is 29.0 Å². The highest BCUT2D eigenvalue weighted by Gasteiger charge is 2.39. The Bertz CT molecular complexity index is 813. The van der Waals surface area contributed by atoms with Gasteiger partial charge in [-0.05, 0) is 55.7 Å². The van der Waals surface area contributed by atoms with Gasteiger partial charge in [0.05, 0.1) is 5.56 Å². The fourth-order valence-electron chi connectivity index (χ4n) is 3.54. The van der Waals surface area contributed by atoms with Gasteiger partial charge in [0.25, 0.3) is 5.91 Å². The number of nitriles is 1. The van der Waals surface area contributed by atoms with Gasteiger partial charge >= 0.3 is 0 Å². The number of carbonyl (C=O) groups is 1. The lowest BCUT2D eigenvalue weighted by molar-refractivity contribution is 0.0931. The van der Waals surface area contributed by atoms with E-state index in [0.29, 0.717) is 23.2 Å². The number of pyridine rings is 1. The van der Waals surface area contributed by atoms with E-state index in [9.17, 15) is 4.79 Å². The molecule has 1 amide bonds. The predicted molar refractivity (Wildman–Crippen MR) is 95.3 cm³/mol. The van der Waals surface area contributed by atoms with Gasteiger partial charge in [-0.1, -0.05) is 11.8 Å². The Morgan fingerprint density at radius 1 is 1.24 bits per heavy atom. The van der Waals surface area contributed by atoms with Gasteiger partial charge in [-0.2, -0.15) is 5.26 Å². The summed E-state index contributed by atoms with van der Waals surface area (Å²) >= 11 is 1.51. The minimum absolute atomic E-state index is 0.00704. The van der Waals surface area contributed by atoms with Crippen molar-refractivity contribution in [3.63, 3.8) is 0 Å². The van der Waals surface area contributed by atoms with Crippen molar-refractivity contribution >= 4 is 17.7 Å². The fraction of sp³-hybridized carbons (Fsp3) is 0.316. The summed E-state index contributed by atoms with van der Waals surface area (Å²) in [6.45, 7) is 0. The lowest BCUT2D eigenvalue weighted by atomic mass is 9.95. The molecule has 3 unspecified atom stereocenters. The Balaban J connectivity index is 1.37. The summed E-state index contributed by atoms with van der Waals surface area (Å²) in [5.74, 6) is -0.00704. The molecule has 0 aliphatic carbocycles. The van der Waals surface area contributed by atoms with Crippen LogP contribution in [0.2, 0.25) is 0 Å². The zero-order valence-corrected chi connectivity index (χ0v) is 14.4. The van der Waals surface area contributed by atoms with Gasteiger partial charge in [0, 0.05) is 34.8 Å². The van der Waals surface area contributed by atoms with Crippen molar-refractivity contribution in [2.75, 3.05) is 0 Å². The highest BCUT2D eigenvalue weighted by atomic mass is 32.2. The van der Waals surface area contributed by atoms with Crippen LogP contribution >= 0.6 is 11.8 Å². The molecule has 25 heavy (non-hydrogen) atoms. The Hall–Kier alpha value is -2.36. The second-order valence-corrected chi connectivity index (χ2v) is 7.58. The first-order valence-electron chi connectivity index (χ1n) is 8.42.